The van der Waals surface area contributed by atoms with Gasteiger partial charge in [0.2, 0.25) is 11.8 Å². The van der Waals surface area contributed by atoms with E-state index in [-0.39, 0.29) is 0 Å². The highest BCUT2D eigenvalue weighted by molar-refractivity contribution is 6.05. The van der Waals surface area contributed by atoms with Gasteiger partial charge in [0, 0.05) is 11.6 Å². The Kier molecular flexibility index (Phi) is 5.60. The number of nitriles is 1. The standard InChI is InChI=1S/C23H23N3O2/c1-14(2)11-15-3-9-18(10-4-15)20-12-19(21(22(25)27)23(28)26-20)17-7-5-16(13-24)6-8-17/h3-10,12,14,19,21H,11H2,1-2H3,(H2,25,27)(H,26,28). The minimum atomic E-state index is -0.989. The number of primary amides is 1. The molecule has 3 rings (SSSR count). The highest BCUT2D eigenvalue weighted by atomic mass is 16.2. The summed E-state index contributed by atoms with van der Waals surface area (Å²) in [5.74, 6) is -1.99. The maximum Gasteiger partial charge on any atom is 0.237 e. The van der Waals surface area contributed by atoms with Gasteiger partial charge >= 0.3 is 0 Å². The predicted molar refractivity (Wildman–Crippen MR) is 108 cm³/mol. The van der Waals surface area contributed by atoms with E-state index < -0.39 is 23.7 Å². The van der Waals surface area contributed by atoms with Gasteiger partial charge in [-0.25, -0.2) is 0 Å². The molecule has 142 valence electrons. The Morgan fingerprint density at radius 2 is 1.79 bits per heavy atom. The Hall–Kier alpha value is -3.39. The van der Waals surface area contributed by atoms with Crippen molar-refractivity contribution in [3.8, 4) is 6.07 Å². The zero-order chi connectivity index (χ0) is 20.3. The number of rotatable bonds is 5. The third kappa shape index (κ3) is 4.12. The molecular formula is C23H23N3O2. The fraction of sp³-hybridized carbons (Fsp3) is 0.261. The van der Waals surface area contributed by atoms with Gasteiger partial charge in [0.05, 0.1) is 11.6 Å². The molecule has 2 unspecified atom stereocenters. The molecular weight excluding hydrogens is 350 g/mol. The van der Waals surface area contributed by atoms with Crippen molar-refractivity contribution in [3.05, 3.63) is 76.9 Å². The van der Waals surface area contributed by atoms with Crippen LogP contribution in [0.15, 0.2) is 54.6 Å². The first kappa shape index (κ1) is 19.4. The number of amides is 2. The van der Waals surface area contributed by atoms with Crippen LogP contribution in [0.4, 0.5) is 0 Å². The van der Waals surface area contributed by atoms with Crippen molar-refractivity contribution < 1.29 is 9.59 Å². The molecule has 2 atom stereocenters. The molecule has 0 saturated carbocycles. The minimum absolute atomic E-state index is 0.411. The van der Waals surface area contributed by atoms with Gasteiger partial charge < -0.3 is 11.1 Å². The lowest BCUT2D eigenvalue weighted by Gasteiger charge is -2.28. The molecule has 1 aliphatic heterocycles. The normalized spacial score (nSPS) is 18.9. The molecule has 2 aromatic rings. The summed E-state index contributed by atoms with van der Waals surface area (Å²) in [7, 11) is 0. The lowest BCUT2D eigenvalue weighted by atomic mass is 9.81. The summed E-state index contributed by atoms with van der Waals surface area (Å²) >= 11 is 0. The molecule has 0 radical (unpaired) electrons. The molecule has 0 spiro atoms. The molecule has 1 heterocycles. The first-order valence-electron chi connectivity index (χ1n) is 9.30. The third-order valence-corrected chi connectivity index (χ3v) is 4.89. The molecule has 0 bridgehead atoms. The van der Waals surface area contributed by atoms with Crippen molar-refractivity contribution in [2.24, 2.45) is 17.6 Å². The third-order valence-electron chi connectivity index (χ3n) is 4.89. The fourth-order valence-corrected chi connectivity index (χ4v) is 3.53. The molecule has 3 N–H and O–H groups in total. The Morgan fingerprint density at radius 3 is 2.32 bits per heavy atom. The maximum atomic E-state index is 12.6. The van der Waals surface area contributed by atoms with E-state index in [1.807, 2.05) is 18.2 Å². The maximum absolute atomic E-state index is 12.6. The lowest BCUT2D eigenvalue weighted by Crippen LogP contribution is -2.44. The second kappa shape index (κ2) is 8.10. The average molecular weight is 373 g/mol. The summed E-state index contributed by atoms with van der Waals surface area (Å²) in [4.78, 5) is 24.6. The number of hydrogen-bond acceptors (Lipinski definition) is 3. The number of hydrogen-bond donors (Lipinski definition) is 2. The average Bonchev–Trinajstić information content (AvgIpc) is 2.67. The molecule has 2 aromatic carbocycles. The van der Waals surface area contributed by atoms with Gasteiger partial charge in [-0.3, -0.25) is 9.59 Å². The van der Waals surface area contributed by atoms with Crippen LogP contribution >= 0.6 is 0 Å². The minimum Gasteiger partial charge on any atom is -0.369 e. The monoisotopic (exact) mass is 373 g/mol. The zero-order valence-electron chi connectivity index (χ0n) is 16.0. The van der Waals surface area contributed by atoms with Crippen molar-refractivity contribution >= 4 is 17.5 Å². The topological polar surface area (TPSA) is 96.0 Å². The molecule has 2 amide bonds. The van der Waals surface area contributed by atoms with E-state index in [9.17, 15) is 9.59 Å². The molecule has 5 heteroatoms. The number of carbonyl (C=O) groups excluding carboxylic acids is 2. The van der Waals surface area contributed by atoms with Gasteiger partial charge in [-0.2, -0.15) is 5.26 Å². The van der Waals surface area contributed by atoms with E-state index in [1.165, 1.54) is 5.56 Å². The molecule has 0 aliphatic carbocycles. The van der Waals surface area contributed by atoms with Gasteiger partial charge in [0.15, 0.2) is 0 Å². The summed E-state index contributed by atoms with van der Waals surface area (Å²) in [6.45, 7) is 4.34. The van der Waals surface area contributed by atoms with E-state index in [0.717, 1.165) is 17.5 Å². The second-order valence-electron chi connectivity index (χ2n) is 7.50. The highest BCUT2D eigenvalue weighted by Gasteiger charge is 2.37. The van der Waals surface area contributed by atoms with Crippen molar-refractivity contribution in [1.29, 1.82) is 5.26 Å². The SMILES string of the molecule is CC(C)Cc1ccc(C2=CC(c3ccc(C#N)cc3)C(C(N)=O)C(=O)N2)cc1. The van der Waals surface area contributed by atoms with Crippen molar-refractivity contribution in [3.63, 3.8) is 0 Å². The Labute approximate surface area is 164 Å². The number of nitrogens with two attached hydrogens (primary N) is 1. The van der Waals surface area contributed by atoms with Crippen molar-refractivity contribution in [1.82, 2.24) is 5.32 Å². The van der Waals surface area contributed by atoms with Crippen LogP contribution in [0, 0.1) is 23.2 Å². The quantitative estimate of drug-likeness (QED) is 0.788. The highest BCUT2D eigenvalue weighted by Crippen LogP contribution is 2.33. The summed E-state index contributed by atoms with van der Waals surface area (Å²) in [5.41, 5.74) is 9.57. The molecule has 0 fully saturated rings. The number of allylic oxidation sites excluding steroid dienone is 1. The Morgan fingerprint density at radius 1 is 1.14 bits per heavy atom. The Bertz CT molecular complexity index is 951. The summed E-state index contributed by atoms with van der Waals surface area (Å²) in [5, 5.41) is 11.8. The van der Waals surface area contributed by atoms with Crippen LogP contribution in [0.3, 0.4) is 0 Å². The van der Waals surface area contributed by atoms with Gasteiger partial charge in [-0.15, -0.1) is 0 Å². The Balaban J connectivity index is 1.98. The summed E-state index contributed by atoms with van der Waals surface area (Å²) in [6.07, 6.45) is 2.86. The molecule has 5 nitrogen and oxygen atoms in total. The van der Waals surface area contributed by atoms with Crippen LogP contribution in [-0.4, -0.2) is 11.8 Å². The van der Waals surface area contributed by atoms with Gasteiger partial charge in [0.25, 0.3) is 0 Å². The van der Waals surface area contributed by atoms with E-state index in [2.05, 4.69) is 37.4 Å². The first-order valence-corrected chi connectivity index (χ1v) is 9.30. The number of benzene rings is 2. The van der Waals surface area contributed by atoms with Gasteiger partial charge in [-0.1, -0.05) is 56.3 Å². The van der Waals surface area contributed by atoms with E-state index >= 15 is 0 Å². The zero-order valence-corrected chi connectivity index (χ0v) is 16.0. The van der Waals surface area contributed by atoms with Crippen LogP contribution in [-0.2, 0) is 16.0 Å². The number of carbonyl (C=O) groups is 2. The first-order chi connectivity index (χ1) is 13.4. The fourth-order valence-electron chi connectivity index (χ4n) is 3.53. The largest absolute Gasteiger partial charge is 0.369 e. The smallest absolute Gasteiger partial charge is 0.237 e. The summed E-state index contributed by atoms with van der Waals surface area (Å²) < 4.78 is 0. The summed E-state index contributed by atoms with van der Waals surface area (Å²) in [6, 6.07) is 17.0. The van der Waals surface area contributed by atoms with Crippen LogP contribution in [0.25, 0.3) is 5.70 Å². The molecule has 28 heavy (non-hydrogen) atoms. The van der Waals surface area contributed by atoms with E-state index in [4.69, 9.17) is 11.0 Å². The second-order valence-corrected chi connectivity index (χ2v) is 7.50. The predicted octanol–water partition coefficient (Wildman–Crippen LogP) is 3.11. The van der Waals surface area contributed by atoms with Crippen molar-refractivity contribution in [2.45, 2.75) is 26.2 Å². The van der Waals surface area contributed by atoms with Crippen LogP contribution in [0.2, 0.25) is 0 Å². The molecule has 0 aromatic heterocycles. The number of nitrogens with zero attached hydrogens (tertiary/aromatic N) is 1. The van der Waals surface area contributed by atoms with E-state index in [0.29, 0.717) is 17.2 Å². The molecule has 1 aliphatic rings. The van der Waals surface area contributed by atoms with Crippen molar-refractivity contribution in [2.75, 3.05) is 0 Å². The van der Waals surface area contributed by atoms with Crippen LogP contribution in [0.1, 0.15) is 42.0 Å². The number of nitrogens with one attached hydrogen (secondary N) is 1. The molecule has 0 saturated heterocycles. The van der Waals surface area contributed by atoms with Gasteiger partial charge in [0.1, 0.15) is 5.92 Å². The van der Waals surface area contributed by atoms with Crippen LogP contribution < -0.4 is 11.1 Å². The van der Waals surface area contributed by atoms with E-state index in [1.54, 1.807) is 24.3 Å². The van der Waals surface area contributed by atoms with Crippen LogP contribution in [0.5, 0.6) is 0 Å². The van der Waals surface area contributed by atoms with Gasteiger partial charge in [-0.05, 0) is 41.2 Å². The lowest BCUT2D eigenvalue weighted by molar-refractivity contribution is -0.133.